The molecule has 0 atom stereocenters. The van der Waals surface area contributed by atoms with Gasteiger partial charge in [0.1, 0.15) is 11.5 Å². The van der Waals surface area contributed by atoms with Gasteiger partial charge in [-0.05, 0) is 37.3 Å². The lowest BCUT2D eigenvalue weighted by Gasteiger charge is -2.10. The fourth-order valence-corrected chi connectivity index (χ4v) is 1.78. The van der Waals surface area contributed by atoms with Gasteiger partial charge in [-0.2, -0.15) is 0 Å². The number of hydrogen-bond donors (Lipinski definition) is 2. The van der Waals surface area contributed by atoms with E-state index >= 15 is 0 Å². The highest BCUT2D eigenvalue weighted by Gasteiger charge is 2.00. The molecule has 0 aliphatic carbocycles. The predicted molar refractivity (Wildman–Crippen MR) is 78.3 cm³/mol. The van der Waals surface area contributed by atoms with Crippen molar-refractivity contribution in [1.82, 2.24) is 0 Å². The number of ether oxygens (including phenoxy) is 2. The lowest BCUT2D eigenvalue weighted by Crippen LogP contribution is -1.95. The summed E-state index contributed by atoms with van der Waals surface area (Å²) in [6.07, 6.45) is 0. The first kappa shape index (κ1) is 13.1. The Morgan fingerprint density at radius 2 is 1.74 bits per heavy atom. The number of hydrogen-bond acceptors (Lipinski definition) is 4. The van der Waals surface area contributed by atoms with Gasteiger partial charge in [-0.15, -0.1) is 0 Å². The molecule has 0 spiro atoms. The fraction of sp³-hybridized carbons (Fsp3) is 0.200. The summed E-state index contributed by atoms with van der Waals surface area (Å²) in [5, 5.41) is 3.27. The van der Waals surface area contributed by atoms with E-state index in [0.717, 1.165) is 22.9 Å². The van der Waals surface area contributed by atoms with Gasteiger partial charge in [0.2, 0.25) is 0 Å². The number of nitrogens with one attached hydrogen (secondary N) is 1. The van der Waals surface area contributed by atoms with Crippen molar-refractivity contribution >= 4 is 17.1 Å². The maximum absolute atomic E-state index is 5.81. The van der Waals surface area contributed by atoms with E-state index in [-0.39, 0.29) is 0 Å². The molecular formula is C15H18N2O2. The molecule has 0 saturated heterocycles. The largest absolute Gasteiger partial charge is 0.497 e. The summed E-state index contributed by atoms with van der Waals surface area (Å²) in [4.78, 5) is 0. The second-order valence-corrected chi connectivity index (χ2v) is 4.08. The summed E-state index contributed by atoms with van der Waals surface area (Å²) in [7, 11) is 1.62. The van der Waals surface area contributed by atoms with E-state index in [9.17, 15) is 0 Å². The molecule has 0 amide bonds. The molecular weight excluding hydrogens is 240 g/mol. The number of methoxy groups -OCH3 is 1. The predicted octanol–water partition coefficient (Wildman–Crippen LogP) is 3.42. The molecule has 0 aliphatic heterocycles. The molecule has 0 radical (unpaired) electrons. The molecule has 0 aliphatic rings. The van der Waals surface area contributed by atoms with Crippen LogP contribution in [0.1, 0.15) is 6.92 Å². The zero-order valence-corrected chi connectivity index (χ0v) is 11.1. The van der Waals surface area contributed by atoms with Crippen LogP contribution in [0.15, 0.2) is 42.5 Å². The van der Waals surface area contributed by atoms with E-state index in [1.54, 1.807) is 13.2 Å². The summed E-state index contributed by atoms with van der Waals surface area (Å²) >= 11 is 0. The highest BCUT2D eigenvalue weighted by atomic mass is 16.5. The van der Waals surface area contributed by atoms with E-state index in [1.807, 2.05) is 43.3 Å². The van der Waals surface area contributed by atoms with E-state index in [0.29, 0.717) is 12.3 Å². The van der Waals surface area contributed by atoms with Crippen LogP contribution in [0.5, 0.6) is 11.5 Å². The lowest BCUT2D eigenvalue weighted by molar-refractivity contribution is 0.340. The quantitative estimate of drug-likeness (QED) is 0.807. The lowest BCUT2D eigenvalue weighted by atomic mass is 10.2. The summed E-state index contributed by atoms with van der Waals surface area (Å²) in [6.45, 7) is 2.63. The SMILES string of the molecule is CCOc1ccc(Nc2cc(N)cc(OC)c2)cc1. The second-order valence-electron chi connectivity index (χ2n) is 4.08. The third kappa shape index (κ3) is 3.55. The maximum atomic E-state index is 5.81. The third-order valence-electron chi connectivity index (χ3n) is 2.62. The molecule has 0 fully saturated rings. The Morgan fingerprint density at radius 3 is 2.37 bits per heavy atom. The molecule has 0 saturated carbocycles. The van der Waals surface area contributed by atoms with Gasteiger partial charge in [0.05, 0.1) is 13.7 Å². The Balaban J connectivity index is 2.14. The van der Waals surface area contributed by atoms with Gasteiger partial charge in [0, 0.05) is 29.2 Å². The van der Waals surface area contributed by atoms with Crippen LogP contribution in [-0.2, 0) is 0 Å². The van der Waals surface area contributed by atoms with Crippen molar-refractivity contribution in [2.24, 2.45) is 0 Å². The number of benzene rings is 2. The zero-order valence-electron chi connectivity index (χ0n) is 11.1. The molecule has 100 valence electrons. The van der Waals surface area contributed by atoms with Crippen LogP contribution in [0.25, 0.3) is 0 Å². The first-order valence-corrected chi connectivity index (χ1v) is 6.15. The first-order chi connectivity index (χ1) is 9.21. The van der Waals surface area contributed by atoms with E-state index < -0.39 is 0 Å². The van der Waals surface area contributed by atoms with Crippen molar-refractivity contribution in [3.8, 4) is 11.5 Å². The molecule has 4 heteroatoms. The molecule has 4 nitrogen and oxygen atoms in total. The first-order valence-electron chi connectivity index (χ1n) is 6.15. The maximum Gasteiger partial charge on any atom is 0.122 e. The van der Waals surface area contributed by atoms with E-state index in [4.69, 9.17) is 15.2 Å². The van der Waals surface area contributed by atoms with Crippen molar-refractivity contribution in [2.75, 3.05) is 24.8 Å². The van der Waals surface area contributed by atoms with Crippen LogP contribution in [0.4, 0.5) is 17.1 Å². The Labute approximate surface area is 113 Å². The van der Waals surface area contributed by atoms with Gasteiger partial charge in [-0.3, -0.25) is 0 Å². The van der Waals surface area contributed by atoms with Crippen molar-refractivity contribution in [3.63, 3.8) is 0 Å². The van der Waals surface area contributed by atoms with Gasteiger partial charge in [0.15, 0.2) is 0 Å². The summed E-state index contributed by atoms with van der Waals surface area (Å²) in [5.41, 5.74) is 8.33. The zero-order chi connectivity index (χ0) is 13.7. The molecule has 2 aromatic carbocycles. The third-order valence-corrected chi connectivity index (χ3v) is 2.62. The molecule has 0 aromatic heterocycles. The van der Waals surface area contributed by atoms with Gasteiger partial charge >= 0.3 is 0 Å². The minimum atomic E-state index is 0.660. The minimum absolute atomic E-state index is 0.660. The van der Waals surface area contributed by atoms with E-state index in [2.05, 4.69) is 5.32 Å². The molecule has 0 unspecified atom stereocenters. The molecule has 0 heterocycles. The topological polar surface area (TPSA) is 56.5 Å². The molecule has 2 aromatic rings. The normalized spacial score (nSPS) is 10.0. The standard InChI is InChI=1S/C15H18N2O2/c1-3-19-14-6-4-12(5-7-14)17-13-8-11(16)9-15(10-13)18-2/h4-10,17H,3,16H2,1-2H3. The second kappa shape index (κ2) is 6.00. The highest BCUT2D eigenvalue weighted by Crippen LogP contribution is 2.26. The van der Waals surface area contributed by atoms with Crippen molar-refractivity contribution in [3.05, 3.63) is 42.5 Å². The summed E-state index contributed by atoms with van der Waals surface area (Å²) in [5.74, 6) is 1.59. The van der Waals surface area contributed by atoms with Gasteiger partial charge in [-0.1, -0.05) is 0 Å². The number of rotatable bonds is 5. The van der Waals surface area contributed by atoms with Crippen LogP contribution in [0, 0.1) is 0 Å². The Bertz CT molecular complexity index is 538. The van der Waals surface area contributed by atoms with Crippen LogP contribution < -0.4 is 20.5 Å². The van der Waals surface area contributed by atoms with Crippen molar-refractivity contribution < 1.29 is 9.47 Å². The number of anilines is 3. The van der Waals surface area contributed by atoms with Gasteiger partial charge in [-0.25, -0.2) is 0 Å². The number of nitrogens with two attached hydrogens (primary N) is 1. The average molecular weight is 258 g/mol. The van der Waals surface area contributed by atoms with Crippen LogP contribution in [0.2, 0.25) is 0 Å². The Hall–Kier alpha value is -2.36. The van der Waals surface area contributed by atoms with Crippen LogP contribution in [-0.4, -0.2) is 13.7 Å². The Kier molecular flexibility index (Phi) is 4.13. The van der Waals surface area contributed by atoms with E-state index in [1.165, 1.54) is 0 Å². The van der Waals surface area contributed by atoms with Crippen molar-refractivity contribution in [2.45, 2.75) is 6.92 Å². The minimum Gasteiger partial charge on any atom is -0.497 e. The van der Waals surface area contributed by atoms with Crippen molar-refractivity contribution in [1.29, 1.82) is 0 Å². The van der Waals surface area contributed by atoms with Gasteiger partial charge < -0.3 is 20.5 Å². The summed E-state index contributed by atoms with van der Waals surface area (Å²) < 4.78 is 10.6. The average Bonchev–Trinajstić information content (AvgIpc) is 2.40. The molecule has 2 rings (SSSR count). The monoisotopic (exact) mass is 258 g/mol. The molecule has 3 N–H and O–H groups in total. The molecule has 0 bridgehead atoms. The fourth-order valence-electron chi connectivity index (χ4n) is 1.78. The van der Waals surface area contributed by atoms with Crippen LogP contribution >= 0.6 is 0 Å². The molecule has 19 heavy (non-hydrogen) atoms. The number of nitrogen functional groups attached to an aromatic ring is 1. The smallest absolute Gasteiger partial charge is 0.122 e. The van der Waals surface area contributed by atoms with Crippen LogP contribution in [0.3, 0.4) is 0 Å². The Morgan fingerprint density at radius 1 is 1.00 bits per heavy atom. The highest BCUT2D eigenvalue weighted by molar-refractivity contribution is 5.66. The van der Waals surface area contributed by atoms with Gasteiger partial charge in [0.25, 0.3) is 0 Å². The summed E-state index contributed by atoms with van der Waals surface area (Å²) in [6, 6.07) is 13.3.